The third-order valence-electron chi connectivity index (χ3n) is 5.34. The van der Waals surface area contributed by atoms with E-state index >= 15 is 0 Å². The maximum atomic E-state index is 9.22. The van der Waals surface area contributed by atoms with E-state index in [2.05, 4.69) is 15.5 Å². The smallest absolute Gasteiger partial charge is 0.0471 e. The van der Waals surface area contributed by atoms with Crippen molar-refractivity contribution in [1.82, 2.24) is 15.5 Å². The average Bonchev–Trinajstić information content (AvgIpc) is 2.88. The first-order chi connectivity index (χ1) is 9.38. The van der Waals surface area contributed by atoms with Crippen LogP contribution in [0.15, 0.2) is 0 Å². The molecule has 0 aromatic carbocycles. The molecule has 0 aromatic heterocycles. The van der Waals surface area contributed by atoms with Crippen molar-refractivity contribution < 1.29 is 5.11 Å². The van der Waals surface area contributed by atoms with E-state index in [0.717, 1.165) is 30.8 Å². The SMILES string of the molecule is OCC1CCCN(CCCNCC2[C@H]3CNC[C@@H]23)C1. The maximum Gasteiger partial charge on any atom is 0.0471 e. The molecule has 3 aliphatic rings. The van der Waals surface area contributed by atoms with Crippen molar-refractivity contribution in [3.05, 3.63) is 0 Å². The summed E-state index contributed by atoms with van der Waals surface area (Å²) in [6.07, 6.45) is 3.72. The molecule has 0 radical (unpaired) electrons. The zero-order valence-corrected chi connectivity index (χ0v) is 12.0. The Morgan fingerprint density at radius 2 is 2.11 bits per heavy atom. The number of aliphatic hydroxyl groups is 1. The van der Waals surface area contributed by atoms with Gasteiger partial charge in [0.25, 0.3) is 0 Å². The molecule has 4 heteroatoms. The number of hydrogen-bond acceptors (Lipinski definition) is 4. The molecule has 2 aliphatic heterocycles. The molecule has 2 heterocycles. The fraction of sp³-hybridized carbons (Fsp3) is 1.00. The second-order valence-corrected chi connectivity index (χ2v) is 6.70. The summed E-state index contributed by atoms with van der Waals surface area (Å²) in [6, 6.07) is 0. The van der Waals surface area contributed by atoms with Gasteiger partial charge in [0.1, 0.15) is 0 Å². The molecule has 4 nitrogen and oxygen atoms in total. The summed E-state index contributed by atoms with van der Waals surface area (Å²) in [5.74, 6) is 3.47. The molecule has 0 aromatic rings. The van der Waals surface area contributed by atoms with Gasteiger partial charge in [-0.15, -0.1) is 0 Å². The summed E-state index contributed by atoms with van der Waals surface area (Å²) in [5.41, 5.74) is 0. The number of piperidine rings is 2. The van der Waals surface area contributed by atoms with E-state index in [-0.39, 0.29) is 0 Å². The summed E-state index contributed by atoms with van der Waals surface area (Å²) in [4.78, 5) is 2.53. The Kier molecular flexibility index (Phi) is 4.74. The zero-order chi connectivity index (χ0) is 13.1. The largest absolute Gasteiger partial charge is 0.396 e. The molecule has 0 spiro atoms. The highest BCUT2D eigenvalue weighted by Crippen LogP contribution is 2.47. The van der Waals surface area contributed by atoms with E-state index in [1.165, 1.54) is 52.0 Å². The van der Waals surface area contributed by atoms with Gasteiger partial charge in [0.15, 0.2) is 0 Å². The summed E-state index contributed by atoms with van der Waals surface area (Å²) in [7, 11) is 0. The van der Waals surface area contributed by atoms with Gasteiger partial charge >= 0.3 is 0 Å². The number of fused-ring (bicyclic) bond motifs is 1. The highest BCUT2D eigenvalue weighted by Gasteiger charge is 2.51. The molecular formula is C15H29N3O. The Bertz CT molecular complexity index is 277. The zero-order valence-electron chi connectivity index (χ0n) is 12.0. The molecule has 0 amide bonds. The molecule has 2 unspecified atom stereocenters. The Hall–Kier alpha value is -0.160. The number of nitrogens with zero attached hydrogens (tertiary/aromatic N) is 1. The molecule has 1 aliphatic carbocycles. The Morgan fingerprint density at radius 3 is 2.89 bits per heavy atom. The number of hydrogen-bond donors (Lipinski definition) is 3. The van der Waals surface area contributed by atoms with Crippen LogP contribution in [0.1, 0.15) is 19.3 Å². The van der Waals surface area contributed by atoms with Crippen molar-refractivity contribution in [2.24, 2.45) is 23.7 Å². The molecule has 3 rings (SSSR count). The van der Waals surface area contributed by atoms with Crippen LogP contribution in [0.5, 0.6) is 0 Å². The van der Waals surface area contributed by atoms with Crippen molar-refractivity contribution in [3.63, 3.8) is 0 Å². The summed E-state index contributed by atoms with van der Waals surface area (Å²) < 4.78 is 0. The normalized spacial score (nSPS) is 38.4. The molecule has 3 N–H and O–H groups in total. The number of nitrogens with one attached hydrogen (secondary N) is 2. The summed E-state index contributed by atoms with van der Waals surface area (Å²) >= 11 is 0. The van der Waals surface area contributed by atoms with Crippen LogP contribution in [0.25, 0.3) is 0 Å². The number of aliphatic hydroxyl groups excluding tert-OH is 1. The van der Waals surface area contributed by atoms with Crippen LogP contribution in [-0.4, -0.2) is 62.4 Å². The van der Waals surface area contributed by atoms with E-state index in [4.69, 9.17) is 0 Å². The van der Waals surface area contributed by atoms with Crippen molar-refractivity contribution in [1.29, 1.82) is 0 Å². The van der Waals surface area contributed by atoms with Crippen molar-refractivity contribution >= 4 is 0 Å². The van der Waals surface area contributed by atoms with E-state index in [1.807, 2.05) is 0 Å². The van der Waals surface area contributed by atoms with E-state index in [0.29, 0.717) is 12.5 Å². The third-order valence-corrected chi connectivity index (χ3v) is 5.34. The Balaban J connectivity index is 1.21. The topological polar surface area (TPSA) is 47.5 Å². The minimum atomic E-state index is 0.368. The quantitative estimate of drug-likeness (QED) is 0.574. The lowest BCUT2D eigenvalue weighted by Crippen LogP contribution is -2.38. The van der Waals surface area contributed by atoms with Gasteiger partial charge in [-0.05, 0) is 82.2 Å². The fourth-order valence-electron chi connectivity index (χ4n) is 4.05. The molecule has 4 atom stereocenters. The lowest BCUT2D eigenvalue weighted by Gasteiger charge is -2.31. The van der Waals surface area contributed by atoms with Gasteiger partial charge in [0.05, 0.1) is 0 Å². The first kappa shape index (κ1) is 13.8. The number of likely N-dealkylation sites (tertiary alicyclic amines) is 1. The van der Waals surface area contributed by atoms with Crippen LogP contribution in [0.4, 0.5) is 0 Å². The molecule has 110 valence electrons. The van der Waals surface area contributed by atoms with Gasteiger partial charge in [0, 0.05) is 13.2 Å². The van der Waals surface area contributed by atoms with Crippen molar-refractivity contribution in [2.45, 2.75) is 19.3 Å². The lowest BCUT2D eigenvalue weighted by molar-refractivity contribution is 0.119. The monoisotopic (exact) mass is 267 g/mol. The van der Waals surface area contributed by atoms with Crippen LogP contribution in [0, 0.1) is 23.7 Å². The molecular weight excluding hydrogens is 238 g/mol. The summed E-state index contributed by atoms with van der Waals surface area (Å²) in [5, 5.41) is 16.3. The molecule has 3 fully saturated rings. The molecule has 19 heavy (non-hydrogen) atoms. The fourth-order valence-corrected chi connectivity index (χ4v) is 4.05. The van der Waals surface area contributed by atoms with Gasteiger partial charge in [-0.1, -0.05) is 0 Å². The van der Waals surface area contributed by atoms with Gasteiger partial charge in [-0.25, -0.2) is 0 Å². The van der Waals surface area contributed by atoms with Gasteiger partial charge in [-0.3, -0.25) is 0 Å². The predicted molar refractivity (Wildman–Crippen MR) is 77.1 cm³/mol. The van der Waals surface area contributed by atoms with Crippen molar-refractivity contribution in [3.8, 4) is 0 Å². The van der Waals surface area contributed by atoms with Crippen LogP contribution in [0.3, 0.4) is 0 Å². The van der Waals surface area contributed by atoms with Crippen LogP contribution in [-0.2, 0) is 0 Å². The molecule has 1 saturated carbocycles. The minimum Gasteiger partial charge on any atom is -0.396 e. The minimum absolute atomic E-state index is 0.368. The standard InChI is InChI=1S/C15H29N3O/c19-11-12-3-1-5-18(10-12)6-2-4-16-7-13-14-8-17-9-15(13)14/h12-17,19H,1-11H2/t12?,13?,14-,15+. The Labute approximate surface area is 116 Å². The summed E-state index contributed by atoms with van der Waals surface area (Å²) in [6.45, 7) is 8.81. The second kappa shape index (κ2) is 6.53. The second-order valence-electron chi connectivity index (χ2n) is 6.70. The molecule has 0 bridgehead atoms. The third kappa shape index (κ3) is 3.48. The van der Waals surface area contributed by atoms with E-state index in [1.54, 1.807) is 0 Å². The van der Waals surface area contributed by atoms with Gasteiger partial charge < -0.3 is 20.6 Å². The maximum absolute atomic E-state index is 9.22. The van der Waals surface area contributed by atoms with Crippen LogP contribution in [0.2, 0.25) is 0 Å². The lowest BCUT2D eigenvalue weighted by atomic mass is 9.99. The van der Waals surface area contributed by atoms with Gasteiger partial charge in [-0.2, -0.15) is 0 Å². The average molecular weight is 267 g/mol. The molecule has 2 saturated heterocycles. The van der Waals surface area contributed by atoms with Gasteiger partial charge in [0.2, 0.25) is 0 Å². The first-order valence-electron chi connectivity index (χ1n) is 8.13. The van der Waals surface area contributed by atoms with Crippen LogP contribution >= 0.6 is 0 Å². The Morgan fingerprint density at radius 1 is 1.26 bits per heavy atom. The number of rotatable bonds is 7. The highest BCUT2D eigenvalue weighted by molar-refractivity contribution is 5.04. The first-order valence-corrected chi connectivity index (χ1v) is 8.13. The highest BCUT2D eigenvalue weighted by atomic mass is 16.3. The van der Waals surface area contributed by atoms with Crippen molar-refractivity contribution in [2.75, 3.05) is 52.4 Å². The van der Waals surface area contributed by atoms with E-state index < -0.39 is 0 Å². The van der Waals surface area contributed by atoms with E-state index in [9.17, 15) is 5.11 Å². The predicted octanol–water partition coefficient (Wildman–Crippen LogP) is 0.136. The van der Waals surface area contributed by atoms with Crippen LogP contribution < -0.4 is 10.6 Å².